The molecule has 4 heterocycles. The number of fused-ring (bicyclic) bond motifs is 10. The molecule has 0 atom stereocenters. The fourth-order valence-electron chi connectivity index (χ4n) is 10.8. The molecule has 14 rings (SSSR count). The highest BCUT2D eigenvalue weighted by atomic mass is 32.1. The van der Waals surface area contributed by atoms with E-state index in [1.165, 1.54) is 113 Å². The molecule has 0 saturated carbocycles. The third-order valence-corrected chi connectivity index (χ3v) is 15.9. The van der Waals surface area contributed by atoms with Crippen LogP contribution in [0, 0.1) is 0 Å². The summed E-state index contributed by atoms with van der Waals surface area (Å²) in [6.07, 6.45) is 0. The molecule has 5 heteroatoms. The van der Waals surface area contributed by atoms with Crippen molar-refractivity contribution >= 4 is 120 Å². The molecule has 0 fully saturated rings. The van der Waals surface area contributed by atoms with E-state index in [-0.39, 0.29) is 6.71 Å². The summed E-state index contributed by atoms with van der Waals surface area (Å²) in [7, 11) is 0. The first-order valence-corrected chi connectivity index (χ1v) is 23.9. The average molecular weight is 861 g/mol. The fraction of sp³-hybridized carbons (Fsp3) is 0. The van der Waals surface area contributed by atoms with Gasteiger partial charge in [-0.15, -0.1) is 22.7 Å². The van der Waals surface area contributed by atoms with Crippen LogP contribution in [0.3, 0.4) is 0 Å². The Kier molecular flexibility index (Phi) is 8.15. The second-order valence-electron chi connectivity index (χ2n) is 17.2. The van der Waals surface area contributed by atoms with E-state index in [0.717, 1.165) is 11.4 Å². The van der Waals surface area contributed by atoms with Gasteiger partial charge in [0.05, 0.1) is 11.4 Å². The monoisotopic (exact) mass is 860 g/mol. The number of thiophene rings is 2. The van der Waals surface area contributed by atoms with Crippen LogP contribution in [-0.2, 0) is 0 Å². The molecule has 0 N–H and O–H groups in total. The van der Waals surface area contributed by atoms with Crippen LogP contribution in [0.4, 0.5) is 34.1 Å². The fourth-order valence-corrected chi connectivity index (χ4v) is 13.1. The van der Waals surface area contributed by atoms with Gasteiger partial charge in [0.1, 0.15) is 0 Å². The zero-order chi connectivity index (χ0) is 42.6. The largest absolute Gasteiger partial charge is 0.311 e. The standard InChI is InChI=1S/C60H37BN2S2/c1-4-18-38(19-5-1)41-32-54-60-55(33-41)63(51-29-15-11-25-43(51)40-22-8-3-9-23-40)53-35-47-45-27-13-17-31-57(45)65-59(47)37-49(53)61(60)48-36-58-46(44-26-12-16-30-56(44)64-58)34-52(48)62(54)50-28-14-10-24-42(50)39-20-6-2-7-21-39/h1-37H. The Labute approximate surface area is 385 Å². The molecule has 0 amide bonds. The Morgan fingerprint density at radius 3 is 1.15 bits per heavy atom. The van der Waals surface area contributed by atoms with Crippen molar-refractivity contribution < 1.29 is 0 Å². The molecule has 0 aliphatic carbocycles. The first-order chi connectivity index (χ1) is 32.2. The maximum atomic E-state index is 2.61. The van der Waals surface area contributed by atoms with Gasteiger partial charge in [-0.1, -0.05) is 164 Å². The predicted molar refractivity (Wildman–Crippen MR) is 283 cm³/mol. The first-order valence-electron chi connectivity index (χ1n) is 22.3. The van der Waals surface area contributed by atoms with Crippen LogP contribution in [-0.4, -0.2) is 6.71 Å². The van der Waals surface area contributed by atoms with Crippen molar-refractivity contribution in [3.63, 3.8) is 0 Å². The van der Waals surface area contributed by atoms with Crippen molar-refractivity contribution in [2.24, 2.45) is 0 Å². The van der Waals surface area contributed by atoms with Crippen molar-refractivity contribution in [1.29, 1.82) is 0 Å². The second kappa shape index (κ2) is 14.4. The summed E-state index contributed by atoms with van der Waals surface area (Å²) in [6.45, 7) is -0.0423. The Bertz CT molecular complexity index is 3630. The van der Waals surface area contributed by atoms with Crippen molar-refractivity contribution in [2.75, 3.05) is 9.80 Å². The van der Waals surface area contributed by atoms with Crippen molar-refractivity contribution in [3.05, 3.63) is 224 Å². The molecule has 0 spiro atoms. The van der Waals surface area contributed by atoms with Crippen LogP contribution in [0.25, 0.3) is 73.7 Å². The predicted octanol–water partition coefficient (Wildman–Crippen LogP) is 15.5. The minimum Gasteiger partial charge on any atom is -0.311 e. The normalized spacial score (nSPS) is 12.8. The Morgan fingerprint density at radius 1 is 0.277 bits per heavy atom. The molecular weight excluding hydrogens is 824 g/mol. The van der Waals surface area contributed by atoms with E-state index in [4.69, 9.17) is 0 Å². The molecule has 2 aliphatic heterocycles. The Hall–Kier alpha value is -7.70. The zero-order valence-corrected chi connectivity index (χ0v) is 36.8. The van der Waals surface area contributed by atoms with E-state index in [2.05, 4.69) is 234 Å². The van der Waals surface area contributed by atoms with E-state index in [0.29, 0.717) is 0 Å². The van der Waals surface area contributed by atoms with Gasteiger partial charge in [0.2, 0.25) is 0 Å². The van der Waals surface area contributed by atoms with Crippen LogP contribution in [0.5, 0.6) is 0 Å². The van der Waals surface area contributed by atoms with Gasteiger partial charge < -0.3 is 9.80 Å². The number of nitrogens with zero attached hydrogens (tertiary/aromatic N) is 2. The van der Waals surface area contributed by atoms with Gasteiger partial charge >= 0.3 is 0 Å². The van der Waals surface area contributed by atoms with Crippen LogP contribution in [0.2, 0.25) is 0 Å². The average Bonchev–Trinajstić information content (AvgIpc) is 3.93. The SMILES string of the molecule is c1ccc(-c2cc3c4c(c2)N(c2ccccc2-c2ccccc2)c2cc5c(cc2B4c2cc4sc6ccccc6c4cc2N3c2ccccc2-c2ccccc2)sc2ccccc25)cc1. The lowest BCUT2D eigenvalue weighted by Crippen LogP contribution is -2.61. The molecule has 2 aromatic heterocycles. The van der Waals surface area contributed by atoms with Crippen molar-refractivity contribution in [3.8, 4) is 33.4 Å². The summed E-state index contributed by atoms with van der Waals surface area (Å²) in [5.41, 5.74) is 18.3. The minimum absolute atomic E-state index is 0.0423. The van der Waals surface area contributed by atoms with Crippen LogP contribution in [0.1, 0.15) is 0 Å². The van der Waals surface area contributed by atoms with Crippen molar-refractivity contribution in [1.82, 2.24) is 0 Å². The van der Waals surface area contributed by atoms with E-state index in [1.807, 2.05) is 22.7 Å². The lowest BCUT2D eigenvalue weighted by Gasteiger charge is -2.45. The highest BCUT2D eigenvalue weighted by Crippen LogP contribution is 2.51. The van der Waals surface area contributed by atoms with Gasteiger partial charge in [0.15, 0.2) is 0 Å². The van der Waals surface area contributed by atoms with Gasteiger partial charge in [-0.3, -0.25) is 0 Å². The number of hydrogen-bond donors (Lipinski definition) is 0. The van der Waals surface area contributed by atoms with E-state index in [1.54, 1.807) is 0 Å². The molecule has 0 saturated heterocycles. The lowest BCUT2D eigenvalue weighted by atomic mass is 9.33. The highest BCUT2D eigenvalue weighted by molar-refractivity contribution is 7.26. The van der Waals surface area contributed by atoms with Gasteiger partial charge in [0, 0.05) is 74.2 Å². The number of hydrogen-bond acceptors (Lipinski definition) is 4. The smallest absolute Gasteiger partial charge is 0.252 e. The number of para-hydroxylation sites is 2. The van der Waals surface area contributed by atoms with Gasteiger partial charge in [-0.05, 0) is 99.3 Å². The number of benzene rings is 10. The molecule has 10 aromatic carbocycles. The topological polar surface area (TPSA) is 6.48 Å². The summed E-state index contributed by atoms with van der Waals surface area (Å²) in [5, 5.41) is 5.19. The van der Waals surface area contributed by atoms with Crippen LogP contribution < -0.4 is 26.2 Å². The molecule has 0 bridgehead atoms. The Balaban J connectivity index is 1.17. The second-order valence-corrected chi connectivity index (χ2v) is 19.3. The number of rotatable bonds is 5. The van der Waals surface area contributed by atoms with E-state index < -0.39 is 0 Å². The molecule has 65 heavy (non-hydrogen) atoms. The maximum Gasteiger partial charge on any atom is 0.252 e. The van der Waals surface area contributed by atoms with Gasteiger partial charge in [-0.25, -0.2) is 0 Å². The summed E-state index contributed by atoms with van der Waals surface area (Å²) >= 11 is 3.81. The molecule has 12 aromatic rings. The zero-order valence-electron chi connectivity index (χ0n) is 35.2. The van der Waals surface area contributed by atoms with Crippen LogP contribution in [0.15, 0.2) is 224 Å². The molecule has 302 valence electrons. The minimum atomic E-state index is -0.0423. The highest BCUT2D eigenvalue weighted by Gasteiger charge is 2.45. The van der Waals surface area contributed by atoms with Gasteiger partial charge in [0.25, 0.3) is 6.71 Å². The summed E-state index contributed by atoms with van der Waals surface area (Å²) in [5.74, 6) is 0. The van der Waals surface area contributed by atoms with E-state index >= 15 is 0 Å². The molecule has 2 nitrogen and oxygen atoms in total. The third-order valence-electron chi connectivity index (χ3n) is 13.6. The molecule has 0 radical (unpaired) electrons. The maximum absolute atomic E-state index is 2.61. The summed E-state index contributed by atoms with van der Waals surface area (Å²) in [4.78, 5) is 5.21. The third kappa shape index (κ3) is 5.59. The first kappa shape index (κ1) is 36.8. The lowest BCUT2D eigenvalue weighted by molar-refractivity contribution is 1.26. The summed E-state index contributed by atoms with van der Waals surface area (Å²) < 4.78 is 5.25. The number of anilines is 6. The van der Waals surface area contributed by atoms with Gasteiger partial charge in [-0.2, -0.15) is 0 Å². The Morgan fingerprint density at radius 2 is 0.677 bits per heavy atom. The van der Waals surface area contributed by atoms with Crippen LogP contribution >= 0.6 is 22.7 Å². The van der Waals surface area contributed by atoms with E-state index in [9.17, 15) is 0 Å². The molecule has 2 aliphatic rings. The quantitative estimate of drug-likeness (QED) is 0.159. The molecule has 0 unspecified atom stereocenters. The summed E-state index contributed by atoms with van der Waals surface area (Å²) in [6, 6.07) is 83.6. The molecular formula is C60H37BN2S2. The van der Waals surface area contributed by atoms with Crippen molar-refractivity contribution in [2.45, 2.75) is 0 Å².